The van der Waals surface area contributed by atoms with Crippen LogP contribution >= 0.6 is 0 Å². The van der Waals surface area contributed by atoms with Gasteiger partial charge in [0.1, 0.15) is 5.69 Å². The highest BCUT2D eigenvalue weighted by atomic mass is 16.4. The number of rotatable bonds is 3. The third-order valence-corrected chi connectivity index (χ3v) is 2.90. The number of hydrogen-bond donors (Lipinski definition) is 1. The van der Waals surface area contributed by atoms with E-state index in [1.54, 1.807) is 0 Å². The summed E-state index contributed by atoms with van der Waals surface area (Å²) in [5, 5.41) is 14.1. The summed E-state index contributed by atoms with van der Waals surface area (Å²) in [7, 11) is 0. The fourth-order valence-electron chi connectivity index (χ4n) is 1.99. The lowest BCUT2D eigenvalue weighted by Gasteiger charge is -2.05. The molecule has 1 aromatic carbocycles. The highest BCUT2D eigenvalue weighted by Gasteiger charge is 2.10. The molecule has 94 valence electrons. The van der Waals surface area contributed by atoms with Crippen molar-refractivity contribution < 1.29 is 9.90 Å². The van der Waals surface area contributed by atoms with Gasteiger partial charge in [-0.2, -0.15) is 5.10 Å². The van der Waals surface area contributed by atoms with E-state index in [0.717, 1.165) is 16.6 Å². The summed E-state index contributed by atoms with van der Waals surface area (Å²) >= 11 is 0. The van der Waals surface area contributed by atoms with Gasteiger partial charge in [0.05, 0.1) is 17.8 Å². The van der Waals surface area contributed by atoms with Crippen LogP contribution < -0.4 is 0 Å². The standard InChI is InChI=1S/C14H11N3O2/c18-14(19)13-7-8-15-17(13)9-11-6-5-10-3-1-2-4-12(10)16-11/h1-8H,9H2,(H,18,19). The van der Waals surface area contributed by atoms with Gasteiger partial charge in [-0.3, -0.25) is 9.67 Å². The number of nitrogens with zero attached hydrogens (tertiary/aromatic N) is 3. The van der Waals surface area contributed by atoms with Crippen LogP contribution in [-0.2, 0) is 6.54 Å². The van der Waals surface area contributed by atoms with Crippen molar-refractivity contribution in [3.63, 3.8) is 0 Å². The van der Waals surface area contributed by atoms with Crippen molar-refractivity contribution in [2.24, 2.45) is 0 Å². The molecule has 0 saturated heterocycles. The van der Waals surface area contributed by atoms with Crippen LogP contribution in [0.25, 0.3) is 10.9 Å². The second-order valence-electron chi connectivity index (χ2n) is 4.17. The van der Waals surface area contributed by atoms with Crippen molar-refractivity contribution >= 4 is 16.9 Å². The SMILES string of the molecule is O=C(O)c1ccnn1Cc1ccc2ccccc2n1. The second kappa shape index (κ2) is 4.53. The van der Waals surface area contributed by atoms with Gasteiger partial charge in [-0.15, -0.1) is 0 Å². The number of carboxylic acids is 1. The molecular formula is C14H11N3O2. The number of para-hydroxylation sites is 1. The van der Waals surface area contributed by atoms with Gasteiger partial charge in [0, 0.05) is 11.6 Å². The van der Waals surface area contributed by atoms with Crippen molar-refractivity contribution in [2.75, 3.05) is 0 Å². The Kier molecular flexibility index (Phi) is 2.72. The molecular weight excluding hydrogens is 242 g/mol. The van der Waals surface area contributed by atoms with E-state index < -0.39 is 5.97 Å². The van der Waals surface area contributed by atoms with Gasteiger partial charge in [-0.05, 0) is 18.2 Å². The van der Waals surface area contributed by atoms with Crippen LogP contribution in [0.4, 0.5) is 0 Å². The molecule has 0 saturated carbocycles. The fourth-order valence-corrected chi connectivity index (χ4v) is 1.99. The van der Waals surface area contributed by atoms with Gasteiger partial charge in [0.25, 0.3) is 0 Å². The number of carboxylic acid groups (broad SMARTS) is 1. The minimum absolute atomic E-state index is 0.162. The first-order chi connectivity index (χ1) is 9.24. The largest absolute Gasteiger partial charge is 0.477 e. The maximum Gasteiger partial charge on any atom is 0.354 e. The first kappa shape index (κ1) is 11.4. The van der Waals surface area contributed by atoms with Crippen LogP contribution in [0.1, 0.15) is 16.2 Å². The lowest BCUT2D eigenvalue weighted by molar-refractivity contribution is 0.0684. The average molecular weight is 253 g/mol. The second-order valence-corrected chi connectivity index (χ2v) is 4.17. The summed E-state index contributed by atoms with van der Waals surface area (Å²) in [6, 6.07) is 13.1. The molecule has 0 aliphatic heterocycles. The fraction of sp³-hybridized carbons (Fsp3) is 0.0714. The van der Waals surface area contributed by atoms with E-state index in [1.165, 1.54) is 16.9 Å². The van der Waals surface area contributed by atoms with Gasteiger partial charge in [0.2, 0.25) is 0 Å². The van der Waals surface area contributed by atoms with E-state index in [2.05, 4.69) is 10.1 Å². The molecule has 1 N–H and O–H groups in total. The number of pyridine rings is 1. The summed E-state index contributed by atoms with van der Waals surface area (Å²) in [5.41, 5.74) is 1.84. The lowest BCUT2D eigenvalue weighted by atomic mass is 10.2. The molecule has 5 nitrogen and oxygen atoms in total. The average Bonchev–Trinajstić information content (AvgIpc) is 2.87. The van der Waals surface area contributed by atoms with Gasteiger partial charge < -0.3 is 5.11 Å². The lowest BCUT2D eigenvalue weighted by Crippen LogP contribution is -2.11. The zero-order valence-corrected chi connectivity index (χ0v) is 10.0. The summed E-state index contributed by atoms with van der Waals surface area (Å²) in [4.78, 5) is 15.5. The predicted molar refractivity (Wildman–Crippen MR) is 70.0 cm³/mol. The molecule has 0 aliphatic rings. The van der Waals surface area contributed by atoms with Crippen LogP contribution in [-0.4, -0.2) is 25.8 Å². The number of fused-ring (bicyclic) bond motifs is 1. The molecule has 0 unspecified atom stereocenters. The van der Waals surface area contributed by atoms with E-state index in [4.69, 9.17) is 5.11 Å². The molecule has 0 fully saturated rings. The molecule has 0 atom stereocenters. The summed E-state index contributed by atoms with van der Waals surface area (Å²) < 4.78 is 1.43. The van der Waals surface area contributed by atoms with Gasteiger partial charge >= 0.3 is 5.97 Å². The molecule has 0 spiro atoms. The van der Waals surface area contributed by atoms with Gasteiger partial charge in [-0.25, -0.2) is 4.79 Å². The first-order valence-electron chi connectivity index (χ1n) is 5.84. The van der Waals surface area contributed by atoms with E-state index in [0.29, 0.717) is 6.54 Å². The summed E-state index contributed by atoms with van der Waals surface area (Å²) in [6.07, 6.45) is 1.48. The minimum atomic E-state index is -0.988. The topological polar surface area (TPSA) is 68.0 Å². The smallest absolute Gasteiger partial charge is 0.354 e. The summed E-state index contributed by atoms with van der Waals surface area (Å²) in [5.74, 6) is -0.988. The van der Waals surface area contributed by atoms with Crippen molar-refractivity contribution in [1.82, 2.24) is 14.8 Å². The minimum Gasteiger partial charge on any atom is -0.477 e. The van der Waals surface area contributed by atoms with Crippen molar-refractivity contribution in [1.29, 1.82) is 0 Å². The highest BCUT2D eigenvalue weighted by molar-refractivity contribution is 5.85. The Hall–Kier alpha value is -2.69. The van der Waals surface area contributed by atoms with Crippen molar-refractivity contribution in [2.45, 2.75) is 6.54 Å². The molecule has 19 heavy (non-hydrogen) atoms. The zero-order valence-electron chi connectivity index (χ0n) is 10.0. The Morgan fingerprint density at radius 1 is 1.16 bits per heavy atom. The molecule has 2 heterocycles. The molecule has 2 aromatic heterocycles. The Labute approximate surface area is 109 Å². The predicted octanol–water partition coefficient (Wildman–Crippen LogP) is 2.18. The first-order valence-corrected chi connectivity index (χ1v) is 5.84. The molecule has 3 aromatic rings. The number of benzene rings is 1. The van der Waals surface area contributed by atoms with Gasteiger partial charge in [-0.1, -0.05) is 24.3 Å². The monoisotopic (exact) mass is 253 g/mol. The van der Waals surface area contributed by atoms with Crippen LogP contribution in [0.2, 0.25) is 0 Å². The van der Waals surface area contributed by atoms with Gasteiger partial charge in [0.15, 0.2) is 0 Å². The number of carbonyl (C=O) groups is 1. The van der Waals surface area contributed by atoms with Crippen LogP contribution in [0, 0.1) is 0 Å². The van der Waals surface area contributed by atoms with E-state index in [-0.39, 0.29) is 5.69 Å². The van der Waals surface area contributed by atoms with Crippen LogP contribution in [0.3, 0.4) is 0 Å². The Morgan fingerprint density at radius 3 is 2.84 bits per heavy atom. The Bertz CT molecular complexity index is 749. The quantitative estimate of drug-likeness (QED) is 0.776. The van der Waals surface area contributed by atoms with Crippen molar-refractivity contribution in [3.8, 4) is 0 Å². The van der Waals surface area contributed by atoms with Crippen molar-refractivity contribution in [3.05, 3.63) is 60.0 Å². The number of aromatic nitrogens is 3. The summed E-state index contributed by atoms with van der Waals surface area (Å²) in [6.45, 7) is 0.347. The highest BCUT2D eigenvalue weighted by Crippen LogP contribution is 2.13. The number of hydrogen-bond acceptors (Lipinski definition) is 3. The third-order valence-electron chi connectivity index (χ3n) is 2.90. The molecule has 0 bridgehead atoms. The molecule has 0 radical (unpaired) electrons. The maximum atomic E-state index is 11.0. The molecule has 5 heteroatoms. The Morgan fingerprint density at radius 2 is 2.00 bits per heavy atom. The zero-order chi connectivity index (χ0) is 13.2. The van der Waals surface area contributed by atoms with E-state index in [1.807, 2.05) is 36.4 Å². The van der Waals surface area contributed by atoms with Crippen LogP contribution in [0.15, 0.2) is 48.7 Å². The third kappa shape index (κ3) is 2.18. The van der Waals surface area contributed by atoms with Crippen LogP contribution in [0.5, 0.6) is 0 Å². The van der Waals surface area contributed by atoms with E-state index >= 15 is 0 Å². The molecule has 0 aliphatic carbocycles. The molecule has 0 amide bonds. The maximum absolute atomic E-state index is 11.0. The number of aromatic carboxylic acids is 1. The Balaban J connectivity index is 1.97. The van der Waals surface area contributed by atoms with E-state index in [9.17, 15) is 4.79 Å². The molecule has 3 rings (SSSR count). The normalized spacial score (nSPS) is 10.7.